The molecule has 0 bridgehead atoms. The molecule has 1 spiro atoms. The van der Waals surface area contributed by atoms with Crippen LogP contribution in [0.3, 0.4) is 0 Å². The number of likely N-dealkylation sites (tertiary alicyclic amines) is 2. The Bertz CT molecular complexity index is 963. The van der Waals surface area contributed by atoms with Crippen molar-refractivity contribution in [3.8, 4) is 5.75 Å². The number of hydrogen-bond acceptors (Lipinski definition) is 5. The SMILES string of the molecule is CCOc1ccc(C(=O)N2CCC3(CCN(C(=O)CCCC[C@@H]4SC[C@@H]5NC(=O)N[C@@H]54)C3)CC2)cc1. The van der Waals surface area contributed by atoms with Crippen molar-refractivity contribution in [1.82, 2.24) is 20.4 Å². The maximum absolute atomic E-state index is 13.0. The third-order valence-electron chi connectivity index (χ3n) is 8.38. The molecule has 2 N–H and O–H groups in total. The highest BCUT2D eigenvalue weighted by atomic mass is 32.2. The summed E-state index contributed by atoms with van der Waals surface area (Å²) < 4.78 is 5.48. The predicted molar refractivity (Wildman–Crippen MR) is 140 cm³/mol. The number of thioether (sulfide) groups is 1. The van der Waals surface area contributed by atoms with E-state index in [9.17, 15) is 14.4 Å². The second-order valence-electron chi connectivity index (χ2n) is 10.7. The third kappa shape index (κ3) is 5.45. The van der Waals surface area contributed by atoms with Crippen LogP contribution < -0.4 is 15.4 Å². The second kappa shape index (κ2) is 10.9. The first-order valence-electron chi connectivity index (χ1n) is 13.4. The zero-order valence-electron chi connectivity index (χ0n) is 21.2. The summed E-state index contributed by atoms with van der Waals surface area (Å²) in [6, 6.07) is 7.86. The standard InChI is InChI=1S/C27H38N4O4S/c1-2-35-20-9-7-19(8-10-20)25(33)30-14-11-27(12-15-30)13-16-31(18-27)23(32)6-4-3-5-22-24-21(17-36-22)28-26(34)29-24/h7-10,21-22,24H,2-6,11-18H2,1H3,(H2,28,29,34)/t21-,22-,24-/m0/s1. The molecule has 4 fully saturated rings. The van der Waals surface area contributed by atoms with E-state index in [0.717, 1.165) is 76.2 Å². The van der Waals surface area contributed by atoms with Crippen molar-refractivity contribution in [2.75, 3.05) is 38.5 Å². The quantitative estimate of drug-likeness (QED) is 0.411. The average Bonchev–Trinajstić information content (AvgIpc) is 3.57. The molecule has 9 heteroatoms. The van der Waals surface area contributed by atoms with Gasteiger partial charge in [0.15, 0.2) is 0 Å². The minimum Gasteiger partial charge on any atom is -0.494 e. The Labute approximate surface area is 217 Å². The third-order valence-corrected chi connectivity index (χ3v) is 9.89. The lowest BCUT2D eigenvalue weighted by atomic mass is 9.77. The number of fused-ring (bicyclic) bond motifs is 1. The number of carbonyl (C=O) groups is 3. The molecule has 3 atom stereocenters. The summed E-state index contributed by atoms with van der Waals surface area (Å²) in [7, 11) is 0. The first kappa shape index (κ1) is 25.2. The van der Waals surface area contributed by atoms with Crippen LogP contribution in [0, 0.1) is 5.41 Å². The molecule has 0 unspecified atom stereocenters. The molecule has 4 saturated heterocycles. The van der Waals surface area contributed by atoms with E-state index in [1.807, 2.05) is 47.9 Å². The summed E-state index contributed by atoms with van der Waals surface area (Å²) in [4.78, 5) is 41.4. The van der Waals surface area contributed by atoms with Crippen molar-refractivity contribution >= 4 is 29.6 Å². The number of amides is 4. The summed E-state index contributed by atoms with van der Waals surface area (Å²) >= 11 is 1.93. The lowest BCUT2D eigenvalue weighted by molar-refractivity contribution is -0.130. The number of hydrogen-bond donors (Lipinski definition) is 2. The van der Waals surface area contributed by atoms with Gasteiger partial charge in [0.05, 0.1) is 18.7 Å². The Balaban J connectivity index is 1.02. The molecule has 4 amide bonds. The highest BCUT2D eigenvalue weighted by Crippen LogP contribution is 2.41. The van der Waals surface area contributed by atoms with Crippen LogP contribution in [0.25, 0.3) is 0 Å². The number of urea groups is 1. The normalized spacial score (nSPS) is 26.6. The van der Waals surface area contributed by atoms with E-state index in [4.69, 9.17) is 4.74 Å². The van der Waals surface area contributed by atoms with Crippen LogP contribution in [-0.2, 0) is 4.79 Å². The van der Waals surface area contributed by atoms with E-state index >= 15 is 0 Å². The highest BCUT2D eigenvalue weighted by molar-refractivity contribution is 8.00. The van der Waals surface area contributed by atoms with Crippen molar-refractivity contribution in [3.63, 3.8) is 0 Å². The maximum Gasteiger partial charge on any atom is 0.315 e. The molecule has 8 nitrogen and oxygen atoms in total. The van der Waals surface area contributed by atoms with Crippen LogP contribution in [0.1, 0.15) is 62.2 Å². The van der Waals surface area contributed by atoms with E-state index in [-0.39, 0.29) is 35.3 Å². The molecule has 4 aliphatic rings. The topological polar surface area (TPSA) is 91.0 Å². The van der Waals surface area contributed by atoms with Crippen molar-refractivity contribution < 1.29 is 19.1 Å². The van der Waals surface area contributed by atoms with Gasteiger partial charge in [-0.15, -0.1) is 0 Å². The van der Waals surface area contributed by atoms with Gasteiger partial charge in [0, 0.05) is 49.2 Å². The number of nitrogens with one attached hydrogen (secondary N) is 2. The first-order chi connectivity index (χ1) is 17.5. The maximum atomic E-state index is 13.0. The Hall–Kier alpha value is -2.42. The van der Waals surface area contributed by atoms with E-state index in [2.05, 4.69) is 15.5 Å². The molecule has 5 rings (SSSR count). The summed E-state index contributed by atoms with van der Waals surface area (Å²) in [5, 5.41) is 6.48. The van der Waals surface area contributed by atoms with E-state index in [1.165, 1.54) is 0 Å². The number of unbranched alkanes of at least 4 members (excludes halogenated alkanes) is 1. The smallest absolute Gasteiger partial charge is 0.315 e. The largest absolute Gasteiger partial charge is 0.494 e. The van der Waals surface area contributed by atoms with E-state index in [0.29, 0.717) is 23.8 Å². The van der Waals surface area contributed by atoms with Gasteiger partial charge in [-0.3, -0.25) is 9.59 Å². The second-order valence-corrected chi connectivity index (χ2v) is 12.0. The Morgan fingerprint density at radius 3 is 2.50 bits per heavy atom. The summed E-state index contributed by atoms with van der Waals surface area (Å²) in [6.07, 6.45) is 6.53. The van der Waals surface area contributed by atoms with Crippen LogP contribution >= 0.6 is 11.8 Å². The number of carbonyl (C=O) groups excluding carboxylic acids is 3. The number of ether oxygens (including phenoxy) is 1. The van der Waals surface area contributed by atoms with Crippen LogP contribution in [0.2, 0.25) is 0 Å². The molecule has 0 radical (unpaired) electrons. The van der Waals surface area contributed by atoms with Crippen LogP contribution in [-0.4, -0.2) is 83.5 Å². The highest BCUT2D eigenvalue weighted by Gasteiger charge is 2.44. The molecule has 4 aliphatic heterocycles. The van der Waals surface area contributed by atoms with E-state index < -0.39 is 0 Å². The minimum absolute atomic E-state index is 0.0418. The van der Waals surface area contributed by atoms with Gasteiger partial charge in [-0.1, -0.05) is 6.42 Å². The Kier molecular flexibility index (Phi) is 7.65. The number of piperidine rings is 1. The predicted octanol–water partition coefficient (Wildman–Crippen LogP) is 3.27. The molecule has 36 heavy (non-hydrogen) atoms. The fourth-order valence-corrected chi connectivity index (χ4v) is 7.75. The zero-order chi connectivity index (χ0) is 25.1. The summed E-state index contributed by atoms with van der Waals surface area (Å²) in [6.45, 7) is 5.73. The van der Waals surface area contributed by atoms with Crippen molar-refractivity contribution in [1.29, 1.82) is 0 Å². The van der Waals surface area contributed by atoms with Gasteiger partial charge < -0.3 is 25.2 Å². The molecule has 0 aliphatic carbocycles. The van der Waals surface area contributed by atoms with Gasteiger partial charge in [-0.25, -0.2) is 4.79 Å². The van der Waals surface area contributed by atoms with Gasteiger partial charge in [0.1, 0.15) is 5.75 Å². The molecule has 1 aromatic carbocycles. The fourth-order valence-electron chi connectivity index (χ4n) is 6.21. The van der Waals surface area contributed by atoms with Gasteiger partial charge >= 0.3 is 6.03 Å². The van der Waals surface area contributed by atoms with Crippen molar-refractivity contribution in [2.45, 2.75) is 69.2 Å². The Morgan fingerprint density at radius 2 is 1.78 bits per heavy atom. The first-order valence-corrected chi connectivity index (χ1v) is 14.5. The number of nitrogens with zero attached hydrogens (tertiary/aromatic N) is 2. The Morgan fingerprint density at radius 1 is 1.06 bits per heavy atom. The van der Waals surface area contributed by atoms with Crippen LogP contribution in [0.4, 0.5) is 4.79 Å². The zero-order valence-corrected chi connectivity index (χ0v) is 22.0. The van der Waals surface area contributed by atoms with Crippen molar-refractivity contribution in [2.24, 2.45) is 5.41 Å². The van der Waals surface area contributed by atoms with Crippen molar-refractivity contribution in [3.05, 3.63) is 29.8 Å². The lowest BCUT2D eigenvalue weighted by Gasteiger charge is -2.39. The minimum atomic E-state index is -0.0418. The molecule has 4 heterocycles. The average molecular weight is 515 g/mol. The monoisotopic (exact) mass is 514 g/mol. The number of benzene rings is 1. The number of rotatable bonds is 8. The summed E-state index contributed by atoms with van der Waals surface area (Å²) in [5.41, 5.74) is 0.866. The molecular weight excluding hydrogens is 476 g/mol. The molecular formula is C27H38N4O4S. The summed E-state index contributed by atoms with van der Waals surface area (Å²) in [5.74, 6) is 2.12. The van der Waals surface area contributed by atoms with Crippen LogP contribution in [0.5, 0.6) is 5.75 Å². The van der Waals surface area contributed by atoms with Gasteiger partial charge in [0.25, 0.3) is 5.91 Å². The molecule has 196 valence electrons. The van der Waals surface area contributed by atoms with Crippen LogP contribution in [0.15, 0.2) is 24.3 Å². The van der Waals surface area contributed by atoms with Gasteiger partial charge in [-0.05, 0) is 68.7 Å². The molecule has 0 aromatic heterocycles. The van der Waals surface area contributed by atoms with Gasteiger partial charge in [0.2, 0.25) is 5.91 Å². The lowest BCUT2D eigenvalue weighted by Crippen LogP contribution is -2.44. The fraction of sp³-hybridized carbons (Fsp3) is 0.667. The van der Waals surface area contributed by atoms with Gasteiger partial charge in [-0.2, -0.15) is 11.8 Å². The molecule has 1 aromatic rings. The van der Waals surface area contributed by atoms with E-state index in [1.54, 1.807) is 0 Å². The molecule has 0 saturated carbocycles.